The molecule has 1 aromatic carbocycles. The highest BCUT2D eigenvalue weighted by atomic mass is 32.2. The molecule has 2 heterocycles. The average molecular weight is 362 g/mol. The van der Waals surface area contributed by atoms with Crippen LogP contribution in [0.25, 0.3) is 0 Å². The molecule has 0 unspecified atom stereocenters. The van der Waals surface area contributed by atoms with E-state index in [-0.39, 0.29) is 0 Å². The van der Waals surface area contributed by atoms with Gasteiger partial charge in [-0.1, -0.05) is 25.5 Å². The predicted octanol–water partition coefficient (Wildman–Crippen LogP) is 2.49. The van der Waals surface area contributed by atoms with E-state index in [1.54, 1.807) is 16.4 Å². The summed E-state index contributed by atoms with van der Waals surface area (Å²) in [5.41, 5.74) is 4.26. The van der Waals surface area contributed by atoms with Crippen LogP contribution in [0.3, 0.4) is 0 Å². The number of hydrogen-bond donors (Lipinski definition) is 1. The van der Waals surface area contributed by atoms with Crippen molar-refractivity contribution in [2.24, 2.45) is 0 Å². The Bertz CT molecular complexity index is 800. The van der Waals surface area contributed by atoms with Crippen LogP contribution < -0.4 is 4.90 Å². The molecule has 2 aromatic rings. The molecular weight excluding hydrogens is 336 g/mol. The number of nitrogens with zero attached hydrogens (tertiary/aromatic N) is 3. The number of hydrogen-bond acceptors (Lipinski definition) is 4. The average Bonchev–Trinajstić information content (AvgIpc) is 2.94. The molecule has 7 heteroatoms. The fourth-order valence-electron chi connectivity index (χ4n) is 3.43. The molecule has 0 spiro atoms. The Morgan fingerprint density at radius 1 is 1.08 bits per heavy atom. The van der Waals surface area contributed by atoms with Crippen molar-refractivity contribution in [3.63, 3.8) is 0 Å². The molecule has 1 N–H and O–H groups in total. The molecule has 1 aliphatic rings. The monoisotopic (exact) mass is 362 g/mol. The molecule has 1 aromatic heterocycles. The summed E-state index contributed by atoms with van der Waals surface area (Å²) in [6, 6.07) is 7.31. The van der Waals surface area contributed by atoms with Crippen LogP contribution in [0.1, 0.15) is 30.3 Å². The van der Waals surface area contributed by atoms with Crippen molar-refractivity contribution in [3.05, 3.63) is 41.2 Å². The third kappa shape index (κ3) is 3.57. The van der Waals surface area contributed by atoms with E-state index in [9.17, 15) is 8.42 Å². The summed E-state index contributed by atoms with van der Waals surface area (Å²) < 4.78 is 27.3. The number of rotatable bonds is 5. The first-order valence-corrected chi connectivity index (χ1v) is 10.2. The fraction of sp³-hybridized carbons (Fsp3) is 0.500. The number of benzene rings is 1. The van der Waals surface area contributed by atoms with E-state index in [1.165, 1.54) is 5.56 Å². The van der Waals surface area contributed by atoms with Gasteiger partial charge in [0.05, 0.1) is 22.0 Å². The molecule has 0 bridgehead atoms. The van der Waals surface area contributed by atoms with Gasteiger partial charge in [-0.25, -0.2) is 8.42 Å². The van der Waals surface area contributed by atoms with E-state index in [1.807, 2.05) is 26.0 Å². The van der Waals surface area contributed by atoms with E-state index in [0.717, 1.165) is 29.9 Å². The normalized spacial score (nSPS) is 16.4. The third-order valence-electron chi connectivity index (χ3n) is 4.74. The summed E-state index contributed by atoms with van der Waals surface area (Å²) >= 11 is 0. The molecule has 0 amide bonds. The van der Waals surface area contributed by atoms with E-state index < -0.39 is 10.0 Å². The number of H-pyrrole nitrogens is 1. The molecule has 1 aliphatic heterocycles. The van der Waals surface area contributed by atoms with Gasteiger partial charge in [-0.05, 0) is 38.0 Å². The Kier molecular flexibility index (Phi) is 5.15. The first-order valence-electron chi connectivity index (χ1n) is 8.79. The van der Waals surface area contributed by atoms with Crippen LogP contribution in [-0.4, -0.2) is 49.1 Å². The lowest BCUT2D eigenvalue weighted by Crippen LogP contribution is -2.48. The van der Waals surface area contributed by atoms with Crippen molar-refractivity contribution in [2.45, 2.75) is 38.5 Å². The number of aryl methyl sites for hydroxylation is 3. The fourth-order valence-corrected chi connectivity index (χ4v) is 4.85. The van der Waals surface area contributed by atoms with Crippen LogP contribution in [0.5, 0.6) is 0 Å². The Labute approximate surface area is 149 Å². The highest BCUT2D eigenvalue weighted by Gasteiger charge is 2.29. The van der Waals surface area contributed by atoms with Crippen LogP contribution in [0.2, 0.25) is 0 Å². The van der Waals surface area contributed by atoms with Gasteiger partial charge in [0, 0.05) is 26.2 Å². The highest BCUT2D eigenvalue weighted by Crippen LogP contribution is 2.25. The second-order valence-corrected chi connectivity index (χ2v) is 8.51. The maximum Gasteiger partial charge on any atom is 0.243 e. The minimum atomic E-state index is -3.42. The molecule has 25 heavy (non-hydrogen) atoms. The maximum atomic E-state index is 12.9. The van der Waals surface area contributed by atoms with Gasteiger partial charge < -0.3 is 4.90 Å². The molecule has 0 atom stereocenters. The van der Waals surface area contributed by atoms with Gasteiger partial charge >= 0.3 is 0 Å². The lowest BCUT2D eigenvalue weighted by atomic mass is 10.1. The van der Waals surface area contributed by atoms with Gasteiger partial charge in [0.1, 0.15) is 0 Å². The van der Waals surface area contributed by atoms with Gasteiger partial charge in [-0.3, -0.25) is 5.10 Å². The second-order valence-electron chi connectivity index (χ2n) is 6.57. The molecule has 3 rings (SSSR count). The second kappa shape index (κ2) is 7.17. The Balaban J connectivity index is 1.71. The molecular formula is C18H26N4O2S. The van der Waals surface area contributed by atoms with E-state index in [2.05, 4.69) is 22.0 Å². The van der Waals surface area contributed by atoms with Gasteiger partial charge in [0.25, 0.3) is 0 Å². The Morgan fingerprint density at radius 2 is 1.72 bits per heavy atom. The zero-order valence-corrected chi connectivity index (χ0v) is 15.9. The van der Waals surface area contributed by atoms with Crippen molar-refractivity contribution in [3.8, 4) is 0 Å². The van der Waals surface area contributed by atoms with Gasteiger partial charge in [0.15, 0.2) is 0 Å². The minimum Gasteiger partial charge on any atom is -0.366 e. The molecule has 6 nitrogen and oxygen atoms in total. The number of sulfonamides is 1. The van der Waals surface area contributed by atoms with E-state index in [0.29, 0.717) is 31.1 Å². The molecule has 1 fully saturated rings. The number of aromatic amines is 1. The zero-order valence-electron chi connectivity index (χ0n) is 15.1. The number of aromatic nitrogens is 2. The van der Waals surface area contributed by atoms with Crippen LogP contribution in [0.15, 0.2) is 29.2 Å². The van der Waals surface area contributed by atoms with Crippen LogP contribution in [0, 0.1) is 13.8 Å². The van der Waals surface area contributed by atoms with Crippen LogP contribution >= 0.6 is 0 Å². The Hall–Kier alpha value is -1.86. The first-order chi connectivity index (χ1) is 11.9. The van der Waals surface area contributed by atoms with Gasteiger partial charge in [0.2, 0.25) is 10.0 Å². The number of piperazine rings is 1. The lowest BCUT2D eigenvalue weighted by Gasteiger charge is -2.35. The summed E-state index contributed by atoms with van der Waals surface area (Å²) in [6.45, 7) is 8.42. The van der Waals surface area contributed by atoms with Crippen molar-refractivity contribution >= 4 is 15.7 Å². The quantitative estimate of drug-likeness (QED) is 0.887. The minimum absolute atomic E-state index is 0.386. The molecule has 1 saturated heterocycles. The zero-order chi connectivity index (χ0) is 18.0. The van der Waals surface area contributed by atoms with Gasteiger partial charge in [-0.2, -0.15) is 9.40 Å². The molecule has 0 saturated carbocycles. The lowest BCUT2D eigenvalue weighted by molar-refractivity contribution is 0.384. The van der Waals surface area contributed by atoms with Crippen molar-refractivity contribution in [1.82, 2.24) is 14.5 Å². The molecule has 136 valence electrons. The summed E-state index contributed by atoms with van der Waals surface area (Å²) in [7, 11) is -3.42. The molecule has 0 radical (unpaired) electrons. The summed E-state index contributed by atoms with van der Waals surface area (Å²) in [5, 5.41) is 7.23. The van der Waals surface area contributed by atoms with Crippen molar-refractivity contribution in [2.75, 3.05) is 31.1 Å². The predicted molar refractivity (Wildman–Crippen MR) is 99.5 cm³/mol. The van der Waals surface area contributed by atoms with Crippen LogP contribution in [-0.2, 0) is 16.4 Å². The topological polar surface area (TPSA) is 69.3 Å². The Morgan fingerprint density at radius 3 is 2.24 bits per heavy atom. The van der Waals surface area contributed by atoms with Crippen LogP contribution in [0.4, 0.5) is 5.69 Å². The highest BCUT2D eigenvalue weighted by molar-refractivity contribution is 7.89. The van der Waals surface area contributed by atoms with Crippen molar-refractivity contribution < 1.29 is 8.42 Å². The van der Waals surface area contributed by atoms with Crippen molar-refractivity contribution in [1.29, 1.82) is 0 Å². The smallest absolute Gasteiger partial charge is 0.243 e. The first kappa shape index (κ1) is 17.9. The number of nitrogens with one attached hydrogen (secondary N) is 1. The largest absolute Gasteiger partial charge is 0.366 e. The summed E-state index contributed by atoms with van der Waals surface area (Å²) in [6.07, 6.45) is 2.03. The maximum absolute atomic E-state index is 12.9. The SMILES string of the molecule is CCCc1ccc(S(=O)(=O)N2CCN(c3c(C)n[nH]c3C)CC2)cc1. The summed E-state index contributed by atoms with van der Waals surface area (Å²) in [4.78, 5) is 2.60. The van der Waals surface area contributed by atoms with Gasteiger partial charge in [-0.15, -0.1) is 0 Å². The van der Waals surface area contributed by atoms with E-state index >= 15 is 0 Å². The number of anilines is 1. The third-order valence-corrected chi connectivity index (χ3v) is 6.66. The molecule has 0 aliphatic carbocycles. The van der Waals surface area contributed by atoms with E-state index in [4.69, 9.17) is 0 Å². The standard InChI is InChI=1S/C18H26N4O2S/c1-4-5-16-6-8-17(9-7-16)25(23,24)22-12-10-21(11-13-22)18-14(2)19-20-15(18)3/h6-9H,4-5,10-13H2,1-3H3,(H,19,20). The summed E-state index contributed by atoms with van der Waals surface area (Å²) in [5.74, 6) is 0.